The molecule has 0 saturated carbocycles. The van der Waals surface area contributed by atoms with E-state index in [-0.39, 0.29) is 18.3 Å². The summed E-state index contributed by atoms with van der Waals surface area (Å²) in [4.78, 5) is 26.4. The Morgan fingerprint density at radius 2 is 1.88 bits per heavy atom. The highest BCUT2D eigenvalue weighted by Crippen LogP contribution is 2.23. The van der Waals surface area contributed by atoms with Crippen LogP contribution in [-0.4, -0.2) is 29.1 Å². The van der Waals surface area contributed by atoms with Crippen molar-refractivity contribution in [3.8, 4) is 17.0 Å². The second-order valence-electron chi connectivity index (χ2n) is 5.27. The Hall–Kier alpha value is -2.83. The third-order valence-corrected chi connectivity index (χ3v) is 3.43. The van der Waals surface area contributed by atoms with Gasteiger partial charge >= 0.3 is 12.0 Å². The summed E-state index contributed by atoms with van der Waals surface area (Å²) in [7, 11) is 1.60. The minimum Gasteiger partial charge on any atom is -0.497 e. The maximum atomic E-state index is 11.8. The lowest BCUT2D eigenvalue weighted by Crippen LogP contribution is -2.11. The molecule has 1 heterocycles. The number of nitrogens with one attached hydrogen (secondary N) is 1. The SMILES string of the molecule is COc1ccc(-c2coc(NC(=O)CCCCCC(=O)O)n2)cc1. The summed E-state index contributed by atoms with van der Waals surface area (Å²) in [6.07, 6.45) is 3.81. The average Bonchev–Trinajstić information content (AvgIpc) is 3.02. The van der Waals surface area contributed by atoms with Gasteiger partial charge in [0.2, 0.25) is 5.91 Å². The van der Waals surface area contributed by atoms with Crippen LogP contribution in [0.4, 0.5) is 6.01 Å². The van der Waals surface area contributed by atoms with Crippen molar-refractivity contribution in [2.45, 2.75) is 32.1 Å². The number of nitrogens with zero attached hydrogens (tertiary/aromatic N) is 1. The van der Waals surface area contributed by atoms with Crippen LogP contribution in [0.3, 0.4) is 0 Å². The van der Waals surface area contributed by atoms with Crippen LogP contribution in [0.25, 0.3) is 11.3 Å². The molecule has 0 unspecified atom stereocenters. The Labute approximate surface area is 139 Å². The summed E-state index contributed by atoms with van der Waals surface area (Å²) < 4.78 is 10.4. The molecule has 0 atom stereocenters. The zero-order valence-corrected chi connectivity index (χ0v) is 13.4. The van der Waals surface area contributed by atoms with Crippen LogP contribution in [0.15, 0.2) is 34.9 Å². The van der Waals surface area contributed by atoms with Crippen LogP contribution in [0.5, 0.6) is 5.75 Å². The molecule has 1 amide bonds. The molecule has 0 fully saturated rings. The summed E-state index contributed by atoms with van der Waals surface area (Å²) in [5.74, 6) is -0.266. The standard InChI is InChI=1S/C17H20N2O5/c1-23-13-9-7-12(8-10-13)14-11-24-17(18-14)19-15(20)5-3-2-4-6-16(21)22/h7-11H,2-6H2,1H3,(H,21,22)(H,18,19,20). The molecule has 0 aliphatic carbocycles. The number of carbonyl (C=O) groups excluding carboxylic acids is 1. The second-order valence-corrected chi connectivity index (χ2v) is 5.27. The van der Waals surface area contributed by atoms with Crippen LogP contribution in [0.2, 0.25) is 0 Å². The maximum absolute atomic E-state index is 11.8. The molecule has 0 spiro atoms. The van der Waals surface area contributed by atoms with Gasteiger partial charge in [-0.3, -0.25) is 14.9 Å². The first kappa shape index (κ1) is 17.5. The Balaban J connectivity index is 1.80. The van der Waals surface area contributed by atoms with Crippen molar-refractivity contribution in [3.05, 3.63) is 30.5 Å². The van der Waals surface area contributed by atoms with Gasteiger partial charge in [-0.05, 0) is 37.1 Å². The highest BCUT2D eigenvalue weighted by atomic mass is 16.5. The fraction of sp³-hybridized carbons (Fsp3) is 0.353. The highest BCUT2D eigenvalue weighted by molar-refractivity contribution is 5.88. The number of carbonyl (C=O) groups is 2. The number of carboxylic acids is 1. The number of aliphatic carboxylic acids is 1. The van der Waals surface area contributed by atoms with E-state index in [0.717, 1.165) is 11.3 Å². The van der Waals surface area contributed by atoms with E-state index in [1.54, 1.807) is 7.11 Å². The van der Waals surface area contributed by atoms with Gasteiger partial charge in [-0.15, -0.1) is 0 Å². The molecule has 0 aliphatic heterocycles. The molecule has 7 heteroatoms. The number of rotatable bonds is 9. The van der Waals surface area contributed by atoms with E-state index in [1.807, 2.05) is 24.3 Å². The first-order valence-electron chi connectivity index (χ1n) is 7.70. The molecular formula is C17H20N2O5. The molecule has 1 aromatic heterocycles. The van der Waals surface area contributed by atoms with Gasteiger partial charge < -0.3 is 14.3 Å². The fourth-order valence-electron chi connectivity index (χ4n) is 2.15. The number of benzene rings is 1. The number of amides is 1. The normalized spacial score (nSPS) is 10.4. The third-order valence-electron chi connectivity index (χ3n) is 3.43. The van der Waals surface area contributed by atoms with Crippen LogP contribution in [-0.2, 0) is 9.59 Å². The number of hydrogen-bond donors (Lipinski definition) is 2. The van der Waals surface area contributed by atoms with Gasteiger partial charge in [0.25, 0.3) is 0 Å². The Bertz CT molecular complexity index is 679. The summed E-state index contributed by atoms with van der Waals surface area (Å²) in [6, 6.07) is 7.49. The molecule has 128 valence electrons. The molecule has 2 N–H and O–H groups in total. The van der Waals surface area contributed by atoms with Gasteiger partial charge in [-0.1, -0.05) is 6.42 Å². The van der Waals surface area contributed by atoms with Crippen molar-refractivity contribution in [1.82, 2.24) is 4.98 Å². The Morgan fingerprint density at radius 1 is 1.17 bits per heavy atom. The first-order chi connectivity index (χ1) is 11.6. The van der Waals surface area contributed by atoms with Gasteiger partial charge in [0, 0.05) is 18.4 Å². The van der Waals surface area contributed by atoms with Crippen molar-refractivity contribution < 1.29 is 23.8 Å². The zero-order valence-electron chi connectivity index (χ0n) is 13.4. The maximum Gasteiger partial charge on any atom is 0.303 e. The minimum absolute atomic E-state index is 0.132. The quantitative estimate of drug-likeness (QED) is 0.683. The summed E-state index contributed by atoms with van der Waals surface area (Å²) in [5, 5.41) is 11.1. The Morgan fingerprint density at radius 3 is 2.54 bits per heavy atom. The van der Waals surface area contributed by atoms with Crippen LogP contribution in [0, 0.1) is 0 Å². The number of anilines is 1. The molecule has 0 saturated heterocycles. The van der Waals surface area contributed by atoms with E-state index in [4.69, 9.17) is 14.3 Å². The number of hydrogen-bond acceptors (Lipinski definition) is 5. The lowest BCUT2D eigenvalue weighted by Gasteiger charge is -2.01. The molecular weight excluding hydrogens is 312 g/mol. The third kappa shape index (κ3) is 5.42. The van der Waals surface area contributed by atoms with Crippen molar-refractivity contribution in [3.63, 3.8) is 0 Å². The molecule has 7 nitrogen and oxygen atoms in total. The summed E-state index contributed by atoms with van der Waals surface area (Å²) >= 11 is 0. The fourth-order valence-corrected chi connectivity index (χ4v) is 2.15. The molecule has 24 heavy (non-hydrogen) atoms. The van der Waals surface area contributed by atoms with E-state index in [0.29, 0.717) is 31.4 Å². The zero-order chi connectivity index (χ0) is 17.4. The molecule has 0 bridgehead atoms. The topological polar surface area (TPSA) is 102 Å². The highest BCUT2D eigenvalue weighted by Gasteiger charge is 2.10. The predicted molar refractivity (Wildman–Crippen MR) is 87.8 cm³/mol. The van der Waals surface area contributed by atoms with E-state index in [2.05, 4.69) is 10.3 Å². The van der Waals surface area contributed by atoms with E-state index in [1.165, 1.54) is 6.26 Å². The minimum atomic E-state index is -0.815. The van der Waals surface area contributed by atoms with Crippen molar-refractivity contribution in [2.75, 3.05) is 12.4 Å². The molecule has 2 rings (SSSR count). The van der Waals surface area contributed by atoms with Gasteiger partial charge in [0.15, 0.2) is 0 Å². The smallest absolute Gasteiger partial charge is 0.303 e. The second kappa shape index (κ2) is 8.71. The summed E-state index contributed by atoms with van der Waals surface area (Å²) in [6.45, 7) is 0. The van der Waals surface area contributed by atoms with Crippen LogP contribution >= 0.6 is 0 Å². The summed E-state index contributed by atoms with van der Waals surface area (Å²) in [5.41, 5.74) is 1.48. The monoisotopic (exact) mass is 332 g/mol. The van der Waals surface area contributed by atoms with Crippen molar-refractivity contribution >= 4 is 17.9 Å². The molecule has 0 aliphatic rings. The van der Waals surface area contributed by atoms with Gasteiger partial charge in [-0.25, -0.2) is 0 Å². The van der Waals surface area contributed by atoms with Gasteiger partial charge in [0.05, 0.1) is 7.11 Å². The van der Waals surface area contributed by atoms with Crippen molar-refractivity contribution in [2.24, 2.45) is 0 Å². The predicted octanol–water partition coefficient (Wildman–Crippen LogP) is 3.32. The van der Waals surface area contributed by atoms with Crippen molar-refractivity contribution in [1.29, 1.82) is 0 Å². The van der Waals surface area contributed by atoms with Gasteiger partial charge in [0.1, 0.15) is 17.7 Å². The number of oxazole rings is 1. The number of carboxylic acid groups (broad SMARTS) is 1. The lowest BCUT2D eigenvalue weighted by atomic mass is 10.1. The van der Waals surface area contributed by atoms with E-state index in [9.17, 15) is 9.59 Å². The van der Waals surface area contributed by atoms with E-state index < -0.39 is 5.97 Å². The number of aromatic nitrogens is 1. The largest absolute Gasteiger partial charge is 0.497 e. The number of ether oxygens (including phenoxy) is 1. The molecule has 0 radical (unpaired) electrons. The first-order valence-corrected chi connectivity index (χ1v) is 7.70. The van der Waals surface area contributed by atoms with Crippen LogP contribution < -0.4 is 10.1 Å². The Kier molecular flexibility index (Phi) is 6.36. The number of unbranched alkanes of at least 4 members (excludes halogenated alkanes) is 2. The molecule has 2 aromatic rings. The lowest BCUT2D eigenvalue weighted by molar-refractivity contribution is -0.137. The molecule has 1 aromatic carbocycles. The van der Waals surface area contributed by atoms with E-state index >= 15 is 0 Å². The number of methoxy groups -OCH3 is 1. The van der Waals surface area contributed by atoms with Gasteiger partial charge in [-0.2, -0.15) is 4.98 Å². The van der Waals surface area contributed by atoms with Crippen LogP contribution in [0.1, 0.15) is 32.1 Å². The average molecular weight is 332 g/mol.